The maximum atomic E-state index is 5.66. The van der Waals surface area contributed by atoms with Crippen molar-refractivity contribution in [3.05, 3.63) is 0 Å². The Labute approximate surface area is 81.4 Å². The number of halogens is 1. The molecule has 0 bridgehead atoms. The molecule has 1 nitrogen and oxygen atoms in total. The van der Waals surface area contributed by atoms with Crippen molar-refractivity contribution in [1.29, 1.82) is 0 Å². The molecule has 0 aromatic heterocycles. The lowest BCUT2D eigenvalue weighted by Gasteiger charge is -2.17. The third-order valence-corrected chi connectivity index (χ3v) is 2.26. The van der Waals surface area contributed by atoms with E-state index in [1.54, 1.807) is 0 Å². The molecule has 0 aromatic rings. The molecular formula is C10H21ClO. The van der Waals surface area contributed by atoms with Crippen molar-refractivity contribution < 1.29 is 4.74 Å². The zero-order valence-electron chi connectivity index (χ0n) is 8.64. The highest BCUT2D eigenvalue weighted by atomic mass is 35.5. The molecule has 74 valence electrons. The van der Waals surface area contributed by atoms with Gasteiger partial charge in [0.1, 0.15) is 0 Å². The van der Waals surface area contributed by atoms with Gasteiger partial charge in [0.25, 0.3) is 0 Å². The molecule has 0 spiro atoms. The fraction of sp³-hybridized carbons (Fsp3) is 1.00. The van der Waals surface area contributed by atoms with E-state index >= 15 is 0 Å². The fourth-order valence-corrected chi connectivity index (χ4v) is 1.19. The minimum atomic E-state index is 0.371. The van der Waals surface area contributed by atoms with Crippen LogP contribution in [0.5, 0.6) is 0 Å². The van der Waals surface area contributed by atoms with Gasteiger partial charge < -0.3 is 4.74 Å². The summed E-state index contributed by atoms with van der Waals surface area (Å²) in [7, 11) is 0. The number of hydrogen-bond acceptors (Lipinski definition) is 1. The molecule has 0 rings (SSSR count). The number of ether oxygens (including phenoxy) is 1. The Morgan fingerprint density at radius 3 is 2.17 bits per heavy atom. The third-order valence-electron chi connectivity index (χ3n) is 1.73. The highest BCUT2D eigenvalue weighted by Crippen LogP contribution is 2.09. The van der Waals surface area contributed by atoms with Crippen LogP contribution in [-0.4, -0.2) is 18.6 Å². The van der Waals surface area contributed by atoms with Crippen molar-refractivity contribution >= 4 is 11.6 Å². The molecule has 0 aliphatic heterocycles. The van der Waals surface area contributed by atoms with Crippen LogP contribution in [0.4, 0.5) is 0 Å². The van der Waals surface area contributed by atoms with Crippen molar-refractivity contribution in [3.63, 3.8) is 0 Å². The van der Waals surface area contributed by atoms with Gasteiger partial charge in [-0.1, -0.05) is 20.8 Å². The molecule has 0 aromatic carbocycles. The van der Waals surface area contributed by atoms with Crippen LogP contribution < -0.4 is 0 Å². The lowest BCUT2D eigenvalue weighted by Crippen LogP contribution is -2.16. The smallest absolute Gasteiger partial charge is 0.0549 e. The second kappa shape index (κ2) is 6.73. The predicted molar refractivity (Wildman–Crippen MR) is 54.8 cm³/mol. The Morgan fingerprint density at radius 1 is 1.17 bits per heavy atom. The molecule has 0 saturated heterocycles. The predicted octanol–water partition coefficient (Wildman–Crippen LogP) is 3.31. The van der Waals surface area contributed by atoms with Crippen LogP contribution in [0.1, 0.15) is 34.1 Å². The lowest BCUT2D eigenvalue weighted by atomic mass is 10.1. The van der Waals surface area contributed by atoms with E-state index in [0.29, 0.717) is 23.8 Å². The Morgan fingerprint density at radius 2 is 1.75 bits per heavy atom. The van der Waals surface area contributed by atoms with Gasteiger partial charge in [0, 0.05) is 5.88 Å². The van der Waals surface area contributed by atoms with Gasteiger partial charge in [-0.3, -0.25) is 0 Å². The van der Waals surface area contributed by atoms with E-state index in [1.807, 2.05) is 0 Å². The quantitative estimate of drug-likeness (QED) is 0.587. The molecule has 0 N–H and O–H groups in total. The third kappa shape index (κ3) is 6.93. The molecular weight excluding hydrogens is 172 g/mol. The molecule has 0 heterocycles. The first-order valence-electron chi connectivity index (χ1n) is 4.73. The van der Waals surface area contributed by atoms with Crippen LogP contribution in [0.3, 0.4) is 0 Å². The molecule has 2 unspecified atom stereocenters. The fourth-order valence-electron chi connectivity index (χ4n) is 1.10. The van der Waals surface area contributed by atoms with Crippen molar-refractivity contribution in [2.75, 3.05) is 12.5 Å². The zero-order valence-corrected chi connectivity index (χ0v) is 9.40. The van der Waals surface area contributed by atoms with Gasteiger partial charge in [0.05, 0.1) is 12.7 Å². The Bertz CT molecular complexity index is 104. The summed E-state index contributed by atoms with van der Waals surface area (Å²) >= 11 is 5.66. The summed E-state index contributed by atoms with van der Waals surface area (Å²) in [6, 6.07) is 0. The van der Waals surface area contributed by atoms with Crippen molar-refractivity contribution in [1.82, 2.24) is 0 Å². The molecule has 2 heteroatoms. The maximum Gasteiger partial charge on any atom is 0.0549 e. The van der Waals surface area contributed by atoms with E-state index in [-0.39, 0.29) is 0 Å². The summed E-state index contributed by atoms with van der Waals surface area (Å²) in [5.74, 6) is 1.88. The lowest BCUT2D eigenvalue weighted by molar-refractivity contribution is 0.0358. The molecule has 0 amide bonds. The van der Waals surface area contributed by atoms with Gasteiger partial charge in [0.15, 0.2) is 0 Å². The van der Waals surface area contributed by atoms with Gasteiger partial charge in [-0.2, -0.15) is 0 Å². The van der Waals surface area contributed by atoms with E-state index in [2.05, 4.69) is 27.7 Å². The van der Waals surface area contributed by atoms with Gasteiger partial charge in [-0.05, 0) is 25.2 Å². The molecule has 0 fully saturated rings. The molecule has 0 saturated carbocycles. The van der Waals surface area contributed by atoms with Gasteiger partial charge in [-0.25, -0.2) is 0 Å². The van der Waals surface area contributed by atoms with Gasteiger partial charge in [0.2, 0.25) is 0 Å². The second-order valence-corrected chi connectivity index (χ2v) is 4.34. The van der Waals surface area contributed by atoms with Gasteiger partial charge >= 0.3 is 0 Å². The minimum absolute atomic E-state index is 0.371. The average Bonchev–Trinajstić information content (AvgIpc) is 1.99. The summed E-state index contributed by atoms with van der Waals surface area (Å²) in [4.78, 5) is 0. The molecule has 0 aliphatic rings. The Kier molecular flexibility index (Phi) is 6.87. The SMILES string of the molecule is CC(C)CC(C)OCC(C)CCl. The number of rotatable bonds is 6. The molecule has 12 heavy (non-hydrogen) atoms. The normalized spacial score (nSPS) is 16.5. The highest BCUT2D eigenvalue weighted by molar-refractivity contribution is 6.18. The Hall–Kier alpha value is 0.250. The average molecular weight is 193 g/mol. The largest absolute Gasteiger partial charge is 0.378 e. The first kappa shape index (κ1) is 12.2. The minimum Gasteiger partial charge on any atom is -0.378 e. The van der Waals surface area contributed by atoms with E-state index < -0.39 is 0 Å². The number of alkyl halides is 1. The highest BCUT2D eigenvalue weighted by Gasteiger charge is 2.07. The summed E-state index contributed by atoms with van der Waals surface area (Å²) < 4.78 is 5.62. The molecule has 0 aliphatic carbocycles. The summed E-state index contributed by atoms with van der Waals surface area (Å²) in [5.41, 5.74) is 0. The standard InChI is InChI=1S/C10H21ClO/c1-8(2)5-10(4)12-7-9(3)6-11/h8-10H,5-7H2,1-4H3. The van der Waals surface area contributed by atoms with Crippen LogP contribution in [0.25, 0.3) is 0 Å². The number of hydrogen-bond donors (Lipinski definition) is 0. The summed E-state index contributed by atoms with van der Waals surface area (Å²) in [5, 5.41) is 0. The molecule has 0 radical (unpaired) electrons. The van der Waals surface area contributed by atoms with Crippen LogP contribution in [0.15, 0.2) is 0 Å². The summed E-state index contributed by atoms with van der Waals surface area (Å²) in [6.45, 7) is 9.45. The van der Waals surface area contributed by atoms with E-state index in [1.165, 1.54) is 0 Å². The topological polar surface area (TPSA) is 9.23 Å². The van der Waals surface area contributed by atoms with E-state index in [0.717, 1.165) is 13.0 Å². The van der Waals surface area contributed by atoms with Crippen LogP contribution in [0, 0.1) is 11.8 Å². The van der Waals surface area contributed by atoms with E-state index in [4.69, 9.17) is 16.3 Å². The maximum absolute atomic E-state index is 5.66. The zero-order chi connectivity index (χ0) is 9.56. The van der Waals surface area contributed by atoms with Gasteiger partial charge in [-0.15, -0.1) is 11.6 Å². The van der Waals surface area contributed by atoms with Crippen LogP contribution in [-0.2, 0) is 4.74 Å². The van der Waals surface area contributed by atoms with Crippen molar-refractivity contribution in [2.45, 2.75) is 40.2 Å². The monoisotopic (exact) mass is 192 g/mol. The summed E-state index contributed by atoms with van der Waals surface area (Å²) in [6.07, 6.45) is 1.50. The molecule has 2 atom stereocenters. The van der Waals surface area contributed by atoms with Crippen molar-refractivity contribution in [3.8, 4) is 0 Å². The Balaban J connectivity index is 3.36. The van der Waals surface area contributed by atoms with E-state index in [9.17, 15) is 0 Å². The first-order valence-corrected chi connectivity index (χ1v) is 5.27. The first-order chi connectivity index (χ1) is 5.56. The van der Waals surface area contributed by atoms with Crippen LogP contribution in [0.2, 0.25) is 0 Å². The van der Waals surface area contributed by atoms with Crippen LogP contribution >= 0.6 is 11.6 Å². The van der Waals surface area contributed by atoms with Crippen molar-refractivity contribution in [2.24, 2.45) is 11.8 Å². The second-order valence-electron chi connectivity index (χ2n) is 4.03.